The normalized spacial score (nSPS) is 21.4. The summed E-state index contributed by atoms with van der Waals surface area (Å²) < 4.78 is 23.9. The number of sulfone groups is 1. The Morgan fingerprint density at radius 3 is 2.40 bits per heavy atom. The van der Waals surface area contributed by atoms with Crippen molar-refractivity contribution in [1.29, 1.82) is 0 Å². The lowest BCUT2D eigenvalue weighted by atomic mass is 10.1. The highest BCUT2D eigenvalue weighted by molar-refractivity contribution is 7.92. The maximum absolute atomic E-state index is 12.3. The number of carbonyl (C=O) groups excluding carboxylic acids is 1. The zero-order valence-electron chi connectivity index (χ0n) is 11.8. The fourth-order valence-corrected chi connectivity index (χ4v) is 4.45. The molecule has 1 heterocycles. The molecule has 1 aliphatic heterocycles. The Hall–Kier alpha value is -1.56. The van der Waals surface area contributed by atoms with Gasteiger partial charge in [-0.15, -0.1) is 0 Å². The van der Waals surface area contributed by atoms with Gasteiger partial charge in [0, 0.05) is 11.4 Å². The minimum Gasteiger partial charge on any atom is -0.399 e. The summed E-state index contributed by atoms with van der Waals surface area (Å²) in [5.41, 5.74) is 8.70. The van der Waals surface area contributed by atoms with Crippen molar-refractivity contribution in [3.05, 3.63) is 23.3 Å². The number of hydrogen-bond acceptors (Lipinski definition) is 4. The van der Waals surface area contributed by atoms with Gasteiger partial charge >= 0.3 is 0 Å². The summed E-state index contributed by atoms with van der Waals surface area (Å²) in [7, 11) is -3.31. The first-order valence-electron chi connectivity index (χ1n) is 6.70. The van der Waals surface area contributed by atoms with Crippen LogP contribution in [0.4, 0.5) is 11.4 Å². The van der Waals surface area contributed by atoms with Gasteiger partial charge in [-0.05, 0) is 49.9 Å². The minimum absolute atomic E-state index is 0.102. The predicted molar refractivity (Wildman–Crippen MR) is 80.4 cm³/mol. The molecule has 5 nitrogen and oxygen atoms in total. The molecule has 1 atom stereocenters. The Bertz CT molecular complexity index is 615. The zero-order valence-corrected chi connectivity index (χ0v) is 12.6. The van der Waals surface area contributed by atoms with E-state index >= 15 is 0 Å². The van der Waals surface area contributed by atoms with Crippen LogP contribution in [0.3, 0.4) is 0 Å². The van der Waals surface area contributed by atoms with Crippen molar-refractivity contribution in [2.75, 3.05) is 16.8 Å². The van der Waals surface area contributed by atoms with Crippen molar-refractivity contribution in [1.82, 2.24) is 0 Å². The molecule has 1 fully saturated rings. The van der Waals surface area contributed by atoms with E-state index in [1.54, 1.807) is 12.1 Å². The van der Waals surface area contributed by atoms with Crippen molar-refractivity contribution in [3.8, 4) is 0 Å². The molecule has 0 radical (unpaired) electrons. The van der Waals surface area contributed by atoms with Crippen LogP contribution in [0.2, 0.25) is 0 Å². The van der Waals surface area contributed by atoms with Crippen LogP contribution in [-0.4, -0.2) is 25.3 Å². The van der Waals surface area contributed by atoms with Gasteiger partial charge in [-0.3, -0.25) is 4.79 Å². The number of amides is 1. The van der Waals surface area contributed by atoms with E-state index in [0.29, 0.717) is 24.2 Å². The Balaban J connectivity index is 2.24. The molecule has 0 spiro atoms. The average Bonchev–Trinajstić information content (AvgIpc) is 2.32. The molecular weight excluding hydrogens is 276 g/mol. The first-order valence-corrected chi connectivity index (χ1v) is 8.42. The molecule has 0 bridgehead atoms. The average molecular weight is 296 g/mol. The summed E-state index contributed by atoms with van der Waals surface area (Å²) in [5.74, 6) is -0.328. The number of nitrogens with two attached hydrogens (primary N) is 1. The molecule has 0 aromatic heterocycles. The van der Waals surface area contributed by atoms with Crippen LogP contribution in [0.15, 0.2) is 12.1 Å². The third-order valence-electron chi connectivity index (χ3n) is 3.67. The minimum atomic E-state index is -3.31. The molecule has 20 heavy (non-hydrogen) atoms. The van der Waals surface area contributed by atoms with Crippen LogP contribution in [0, 0.1) is 13.8 Å². The molecule has 6 heteroatoms. The van der Waals surface area contributed by atoms with Crippen molar-refractivity contribution < 1.29 is 13.2 Å². The summed E-state index contributed by atoms with van der Waals surface area (Å²) in [6.07, 6.45) is 1.82. The summed E-state index contributed by atoms with van der Waals surface area (Å²) >= 11 is 0. The van der Waals surface area contributed by atoms with E-state index in [1.165, 1.54) is 0 Å². The van der Waals surface area contributed by atoms with Crippen LogP contribution in [0.1, 0.15) is 30.4 Å². The number of nitrogen functional groups attached to an aromatic ring is 1. The van der Waals surface area contributed by atoms with E-state index in [4.69, 9.17) is 5.73 Å². The number of nitrogens with one attached hydrogen (secondary N) is 1. The van der Waals surface area contributed by atoms with Gasteiger partial charge in [0.15, 0.2) is 9.84 Å². The van der Waals surface area contributed by atoms with E-state index in [9.17, 15) is 13.2 Å². The van der Waals surface area contributed by atoms with Gasteiger partial charge < -0.3 is 11.1 Å². The second kappa shape index (κ2) is 5.44. The number of hydrogen-bond donors (Lipinski definition) is 2. The molecule has 3 N–H and O–H groups in total. The Labute approximate surface area is 119 Å². The standard InChI is InChI=1S/C14H20N2O3S/c1-9-7-11(15)8-10(2)13(9)16-14(17)12-5-3-4-6-20(12,18)19/h7-8,12H,3-6,15H2,1-2H3,(H,16,17). The van der Waals surface area contributed by atoms with Crippen molar-refractivity contribution >= 4 is 27.1 Å². The lowest BCUT2D eigenvalue weighted by molar-refractivity contribution is -0.116. The third-order valence-corrected chi connectivity index (χ3v) is 5.85. The molecule has 1 unspecified atom stereocenters. The molecule has 1 amide bonds. The van der Waals surface area contributed by atoms with Crippen LogP contribution >= 0.6 is 0 Å². The van der Waals surface area contributed by atoms with E-state index in [1.807, 2.05) is 13.8 Å². The SMILES string of the molecule is Cc1cc(N)cc(C)c1NC(=O)C1CCCCS1(=O)=O. The topological polar surface area (TPSA) is 89.3 Å². The number of benzene rings is 1. The van der Waals surface area contributed by atoms with Gasteiger partial charge in [-0.2, -0.15) is 0 Å². The first kappa shape index (κ1) is 14.8. The molecular formula is C14H20N2O3S. The van der Waals surface area contributed by atoms with Crippen molar-refractivity contribution in [2.45, 2.75) is 38.4 Å². The monoisotopic (exact) mass is 296 g/mol. The molecule has 1 aromatic carbocycles. The molecule has 2 rings (SSSR count). The van der Waals surface area contributed by atoms with Gasteiger partial charge in [0.05, 0.1) is 5.75 Å². The summed E-state index contributed by atoms with van der Waals surface area (Å²) in [4.78, 5) is 12.3. The molecule has 0 saturated carbocycles. The van der Waals surface area contributed by atoms with Crippen molar-refractivity contribution in [3.63, 3.8) is 0 Å². The second-order valence-electron chi connectivity index (χ2n) is 5.37. The number of anilines is 2. The van der Waals surface area contributed by atoms with Crippen LogP contribution in [0.5, 0.6) is 0 Å². The van der Waals surface area contributed by atoms with Gasteiger partial charge in [-0.1, -0.05) is 6.42 Å². The molecule has 0 aliphatic carbocycles. The number of carbonyl (C=O) groups is 1. The fourth-order valence-electron chi connectivity index (χ4n) is 2.65. The Morgan fingerprint density at radius 2 is 1.85 bits per heavy atom. The van der Waals surface area contributed by atoms with Crippen LogP contribution in [-0.2, 0) is 14.6 Å². The smallest absolute Gasteiger partial charge is 0.242 e. The zero-order chi connectivity index (χ0) is 14.9. The van der Waals surface area contributed by atoms with E-state index in [-0.39, 0.29) is 5.75 Å². The predicted octanol–water partition coefficient (Wildman–Crippen LogP) is 1.79. The fraction of sp³-hybridized carbons (Fsp3) is 0.500. The summed E-state index contributed by atoms with van der Waals surface area (Å²) in [6.45, 7) is 3.68. The molecule has 1 saturated heterocycles. The van der Waals surface area contributed by atoms with Crippen LogP contribution in [0.25, 0.3) is 0 Å². The lowest BCUT2D eigenvalue weighted by Gasteiger charge is -2.22. The summed E-state index contributed by atoms with van der Waals surface area (Å²) in [5, 5.41) is 1.83. The van der Waals surface area contributed by atoms with E-state index < -0.39 is 21.0 Å². The summed E-state index contributed by atoms with van der Waals surface area (Å²) in [6, 6.07) is 3.52. The highest BCUT2D eigenvalue weighted by Crippen LogP contribution is 2.26. The van der Waals surface area contributed by atoms with E-state index in [0.717, 1.165) is 17.5 Å². The van der Waals surface area contributed by atoms with Gasteiger partial charge in [-0.25, -0.2) is 8.42 Å². The molecule has 1 aromatic rings. The highest BCUT2D eigenvalue weighted by atomic mass is 32.2. The molecule has 110 valence electrons. The molecule has 1 aliphatic rings. The highest BCUT2D eigenvalue weighted by Gasteiger charge is 2.35. The van der Waals surface area contributed by atoms with Gasteiger partial charge in [0.25, 0.3) is 0 Å². The Kier molecular flexibility index (Phi) is 4.04. The van der Waals surface area contributed by atoms with Crippen molar-refractivity contribution in [2.24, 2.45) is 0 Å². The lowest BCUT2D eigenvalue weighted by Crippen LogP contribution is -2.39. The quantitative estimate of drug-likeness (QED) is 0.814. The second-order valence-corrected chi connectivity index (χ2v) is 7.67. The maximum Gasteiger partial charge on any atom is 0.242 e. The van der Waals surface area contributed by atoms with Gasteiger partial charge in [0.2, 0.25) is 5.91 Å². The number of aryl methyl sites for hydroxylation is 2. The third kappa shape index (κ3) is 2.95. The first-order chi connectivity index (χ1) is 9.31. The number of rotatable bonds is 2. The van der Waals surface area contributed by atoms with Gasteiger partial charge in [0.1, 0.15) is 5.25 Å². The van der Waals surface area contributed by atoms with E-state index in [2.05, 4.69) is 5.32 Å². The largest absolute Gasteiger partial charge is 0.399 e. The Morgan fingerprint density at radius 1 is 1.25 bits per heavy atom. The maximum atomic E-state index is 12.3. The van der Waals surface area contributed by atoms with Crippen LogP contribution < -0.4 is 11.1 Å².